The number of aliphatic carboxylic acids is 1. The van der Waals surface area contributed by atoms with Gasteiger partial charge in [0.15, 0.2) is 5.78 Å². The summed E-state index contributed by atoms with van der Waals surface area (Å²) in [5, 5.41) is 8.23. The number of carboxylic acids is 1. The van der Waals surface area contributed by atoms with Crippen LogP contribution in [0, 0.1) is 11.6 Å². The number of rotatable bonds is 3. The lowest BCUT2D eigenvalue weighted by atomic mass is 10.1. The highest BCUT2D eigenvalue weighted by Gasteiger charge is 2.06. The van der Waals surface area contributed by atoms with Crippen molar-refractivity contribution in [3.8, 4) is 0 Å². The number of hydrogen-bond donors (Lipinski definition) is 1. The number of carbonyl (C=O) groups is 2. The van der Waals surface area contributed by atoms with Crippen LogP contribution in [0.2, 0.25) is 0 Å². The zero-order chi connectivity index (χ0) is 11.4. The molecule has 0 unspecified atom stereocenters. The van der Waals surface area contributed by atoms with Crippen molar-refractivity contribution in [2.75, 3.05) is 0 Å². The van der Waals surface area contributed by atoms with E-state index in [0.717, 1.165) is 18.2 Å². The van der Waals surface area contributed by atoms with Crippen molar-refractivity contribution in [1.82, 2.24) is 0 Å². The summed E-state index contributed by atoms with van der Waals surface area (Å²) >= 11 is 0. The molecule has 0 aliphatic rings. The Labute approximate surface area is 83.6 Å². The Bertz CT molecular complexity index is 418. The van der Waals surface area contributed by atoms with Gasteiger partial charge in [0.1, 0.15) is 11.6 Å². The molecule has 0 heterocycles. The molecular formula is C10H6F2O3. The standard InChI is InChI=1S/C10H6F2O3/c11-7-3-6(4-8(12)5-7)9(13)1-2-10(14)15/h1-5H,(H,14,15). The van der Waals surface area contributed by atoms with Gasteiger partial charge in [0.05, 0.1) is 0 Å². The van der Waals surface area contributed by atoms with Gasteiger partial charge in [-0.3, -0.25) is 4.79 Å². The van der Waals surface area contributed by atoms with Gasteiger partial charge in [-0.2, -0.15) is 0 Å². The summed E-state index contributed by atoms with van der Waals surface area (Å²) in [6, 6.07) is 2.28. The molecule has 1 aromatic carbocycles. The number of carboxylic acid groups (broad SMARTS) is 1. The van der Waals surface area contributed by atoms with Gasteiger partial charge in [-0.1, -0.05) is 0 Å². The van der Waals surface area contributed by atoms with E-state index >= 15 is 0 Å². The third-order valence-corrected chi connectivity index (χ3v) is 1.52. The molecule has 0 saturated heterocycles. The third-order valence-electron chi connectivity index (χ3n) is 1.52. The van der Waals surface area contributed by atoms with Crippen LogP contribution in [-0.4, -0.2) is 16.9 Å². The number of ketones is 1. The fourth-order valence-electron chi connectivity index (χ4n) is 0.939. The van der Waals surface area contributed by atoms with Crippen LogP contribution < -0.4 is 0 Å². The van der Waals surface area contributed by atoms with E-state index in [1.165, 1.54) is 0 Å². The van der Waals surface area contributed by atoms with Gasteiger partial charge in [0, 0.05) is 17.7 Å². The average molecular weight is 212 g/mol. The monoisotopic (exact) mass is 212 g/mol. The first-order valence-corrected chi connectivity index (χ1v) is 3.90. The van der Waals surface area contributed by atoms with Crippen molar-refractivity contribution in [3.63, 3.8) is 0 Å². The summed E-state index contributed by atoms with van der Waals surface area (Å²) in [4.78, 5) is 21.3. The smallest absolute Gasteiger partial charge is 0.328 e. The molecule has 3 nitrogen and oxygen atoms in total. The fourth-order valence-corrected chi connectivity index (χ4v) is 0.939. The van der Waals surface area contributed by atoms with Gasteiger partial charge >= 0.3 is 5.97 Å². The molecule has 0 aliphatic carbocycles. The maximum atomic E-state index is 12.7. The number of benzene rings is 1. The molecule has 78 valence electrons. The van der Waals surface area contributed by atoms with Gasteiger partial charge < -0.3 is 5.11 Å². The summed E-state index contributed by atoms with van der Waals surface area (Å²) in [5.41, 5.74) is -0.231. The van der Waals surface area contributed by atoms with E-state index in [4.69, 9.17) is 5.11 Å². The molecule has 0 atom stereocenters. The zero-order valence-corrected chi connectivity index (χ0v) is 7.41. The Morgan fingerprint density at radius 2 is 1.60 bits per heavy atom. The van der Waals surface area contributed by atoms with Crippen molar-refractivity contribution < 1.29 is 23.5 Å². The van der Waals surface area contributed by atoms with E-state index in [1.54, 1.807) is 0 Å². The summed E-state index contributed by atoms with van der Waals surface area (Å²) in [6.07, 6.45) is 1.34. The number of halogens is 2. The Morgan fingerprint density at radius 3 is 2.07 bits per heavy atom. The molecule has 0 bridgehead atoms. The lowest BCUT2D eigenvalue weighted by Crippen LogP contribution is -1.98. The van der Waals surface area contributed by atoms with E-state index < -0.39 is 23.4 Å². The first kappa shape index (κ1) is 11.0. The van der Waals surface area contributed by atoms with Crippen molar-refractivity contribution in [3.05, 3.63) is 47.5 Å². The second-order valence-corrected chi connectivity index (χ2v) is 2.69. The minimum Gasteiger partial charge on any atom is -0.478 e. The molecule has 1 aromatic rings. The van der Waals surface area contributed by atoms with E-state index in [-0.39, 0.29) is 5.56 Å². The molecule has 1 rings (SSSR count). The second-order valence-electron chi connectivity index (χ2n) is 2.69. The first-order valence-electron chi connectivity index (χ1n) is 3.90. The maximum absolute atomic E-state index is 12.7. The van der Waals surface area contributed by atoms with Gasteiger partial charge in [-0.25, -0.2) is 13.6 Å². The topological polar surface area (TPSA) is 54.4 Å². The molecule has 1 N–H and O–H groups in total. The predicted octanol–water partition coefficient (Wildman–Crippen LogP) is 1.79. The number of carbonyl (C=O) groups excluding carboxylic acids is 1. The molecule has 0 saturated carbocycles. The Kier molecular flexibility index (Phi) is 3.28. The van der Waals surface area contributed by atoms with Crippen LogP contribution in [0.25, 0.3) is 0 Å². The SMILES string of the molecule is O=C(O)C=CC(=O)c1cc(F)cc(F)c1. The first-order chi connectivity index (χ1) is 6.99. The highest BCUT2D eigenvalue weighted by atomic mass is 19.1. The average Bonchev–Trinajstić information content (AvgIpc) is 2.12. The van der Waals surface area contributed by atoms with Crippen LogP contribution in [0.15, 0.2) is 30.4 Å². The predicted molar refractivity (Wildman–Crippen MR) is 47.5 cm³/mol. The molecule has 0 aliphatic heterocycles. The van der Waals surface area contributed by atoms with Gasteiger partial charge in [-0.15, -0.1) is 0 Å². The van der Waals surface area contributed by atoms with E-state index in [0.29, 0.717) is 12.1 Å². The van der Waals surface area contributed by atoms with E-state index in [2.05, 4.69) is 0 Å². The summed E-state index contributed by atoms with van der Waals surface area (Å²) in [6.45, 7) is 0. The number of allylic oxidation sites excluding steroid dienone is 1. The molecule has 0 amide bonds. The Hall–Kier alpha value is -2.04. The molecule has 0 spiro atoms. The molecule has 0 fully saturated rings. The minimum atomic E-state index is -1.31. The Balaban J connectivity index is 2.96. The lowest BCUT2D eigenvalue weighted by molar-refractivity contribution is -0.131. The van der Waals surface area contributed by atoms with Crippen LogP contribution in [0.4, 0.5) is 8.78 Å². The van der Waals surface area contributed by atoms with Crippen molar-refractivity contribution in [2.24, 2.45) is 0 Å². The zero-order valence-electron chi connectivity index (χ0n) is 7.41. The van der Waals surface area contributed by atoms with E-state index in [9.17, 15) is 18.4 Å². The fraction of sp³-hybridized carbons (Fsp3) is 0. The van der Waals surface area contributed by atoms with Crippen molar-refractivity contribution in [2.45, 2.75) is 0 Å². The molecule has 5 heteroatoms. The van der Waals surface area contributed by atoms with Gasteiger partial charge in [0.2, 0.25) is 0 Å². The number of hydrogen-bond acceptors (Lipinski definition) is 2. The highest BCUT2D eigenvalue weighted by molar-refractivity contribution is 6.06. The highest BCUT2D eigenvalue weighted by Crippen LogP contribution is 2.09. The van der Waals surface area contributed by atoms with Crippen LogP contribution in [0.3, 0.4) is 0 Å². The second kappa shape index (κ2) is 4.45. The Morgan fingerprint density at radius 1 is 1.07 bits per heavy atom. The van der Waals surface area contributed by atoms with E-state index in [1.807, 2.05) is 0 Å². The minimum absolute atomic E-state index is 0.231. The normalized spacial score (nSPS) is 10.5. The third kappa shape index (κ3) is 3.30. The van der Waals surface area contributed by atoms with Crippen LogP contribution in [0.1, 0.15) is 10.4 Å². The molecule has 0 aromatic heterocycles. The van der Waals surface area contributed by atoms with Crippen LogP contribution >= 0.6 is 0 Å². The molecule has 0 radical (unpaired) electrons. The largest absolute Gasteiger partial charge is 0.478 e. The van der Waals surface area contributed by atoms with Crippen LogP contribution in [-0.2, 0) is 4.79 Å². The van der Waals surface area contributed by atoms with Crippen molar-refractivity contribution >= 4 is 11.8 Å². The van der Waals surface area contributed by atoms with Gasteiger partial charge in [-0.05, 0) is 18.2 Å². The van der Waals surface area contributed by atoms with Crippen molar-refractivity contribution in [1.29, 1.82) is 0 Å². The molecular weight excluding hydrogens is 206 g/mol. The van der Waals surface area contributed by atoms with Crippen LogP contribution in [0.5, 0.6) is 0 Å². The quantitative estimate of drug-likeness (QED) is 0.613. The lowest BCUT2D eigenvalue weighted by Gasteiger charge is -1.96. The molecule has 15 heavy (non-hydrogen) atoms. The summed E-state index contributed by atoms with van der Waals surface area (Å²) in [7, 11) is 0. The summed E-state index contributed by atoms with van der Waals surface area (Å²) in [5.74, 6) is -3.85. The van der Waals surface area contributed by atoms with Gasteiger partial charge in [0.25, 0.3) is 0 Å². The summed E-state index contributed by atoms with van der Waals surface area (Å²) < 4.78 is 25.3. The maximum Gasteiger partial charge on any atom is 0.328 e.